The number of carbonyl (C=O) groups is 1. The van der Waals surface area contributed by atoms with Crippen LogP contribution in [-0.2, 0) is 0 Å². The molecule has 1 aromatic carbocycles. The molecule has 0 spiro atoms. The van der Waals surface area contributed by atoms with Gasteiger partial charge in [-0.15, -0.1) is 0 Å². The number of benzene rings is 1. The average Bonchev–Trinajstić information content (AvgIpc) is 2.56. The van der Waals surface area contributed by atoms with Gasteiger partial charge in [-0.2, -0.15) is 0 Å². The van der Waals surface area contributed by atoms with E-state index in [0.717, 1.165) is 10.0 Å². The van der Waals surface area contributed by atoms with Crippen LogP contribution in [0.2, 0.25) is 0 Å². The van der Waals surface area contributed by atoms with Crippen molar-refractivity contribution in [3.8, 4) is 5.75 Å². The first-order valence-electron chi connectivity index (χ1n) is 4.19. The zero-order chi connectivity index (χ0) is 10.1. The SMILES string of the molecule is O=C1NCC(c2cc(O)ccc2Br)N1. The van der Waals surface area contributed by atoms with E-state index in [9.17, 15) is 9.90 Å². The van der Waals surface area contributed by atoms with Gasteiger partial charge in [0.15, 0.2) is 0 Å². The molecule has 0 aromatic heterocycles. The quantitative estimate of drug-likeness (QED) is 0.714. The van der Waals surface area contributed by atoms with Gasteiger partial charge >= 0.3 is 6.03 Å². The molecule has 14 heavy (non-hydrogen) atoms. The van der Waals surface area contributed by atoms with Crippen LogP contribution in [0.25, 0.3) is 0 Å². The monoisotopic (exact) mass is 256 g/mol. The van der Waals surface area contributed by atoms with E-state index in [1.807, 2.05) is 0 Å². The maximum Gasteiger partial charge on any atom is 0.315 e. The van der Waals surface area contributed by atoms with E-state index in [2.05, 4.69) is 26.6 Å². The molecule has 0 bridgehead atoms. The minimum absolute atomic E-state index is 0.0797. The first-order chi connectivity index (χ1) is 6.66. The normalized spacial score (nSPS) is 20.4. The Balaban J connectivity index is 2.31. The van der Waals surface area contributed by atoms with Gasteiger partial charge in [0.05, 0.1) is 6.04 Å². The van der Waals surface area contributed by atoms with Crippen molar-refractivity contribution in [2.45, 2.75) is 6.04 Å². The number of carbonyl (C=O) groups excluding carboxylic acids is 1. The summed E-state index contributed by atoms with van der Waals surface area (Å²) in [6.45, 7) is 0.543. The van der Waals surface area contributed by atoms with Crippen molar-refractivity contribution in [1.82, 2.24) is 10.6 Å². The van der Waals surface area contributed by atoms with E-state index < -0.39 is 0 Å². The molecule has 5 heteroatoms. The molecule has 1 saturated heterocycles. The van der Waals surface area contributed by atoms with Crippen molar-refractivity contribution >= 4 is 22.0 Å². The number of amides is 2. The van der Waals surface area contributed by atoms with Gasteiger partial charge in [0.1, 0.15) is 5.75 Å². The van der Waals surface area contributed by atoms with Crippen LogP contribution >= 0.6 is 15.9 Å². The highest BCUT2D eigenvalue weighted by Gasteiger charge is 2.23. The molecule has 1 atom stereocenters. The maximum atomic E-state index is 10.9. The lowest BCUT2D eigenvalue weighted by Crippen LogP contribution is -2.21. The van der Waals surface area contributed by atoms with Crippen molar-refractivity contribution in [2.24, 2.45) is 0 Å². The Labute approximate surface area is 89.4 Å². The Morgan fingerprint density at radius 2 is 2.29 bits per heavy atom. The molecule has 74 valence electrons. The summed E-state index contributed by atoms with van der Waals surface area (Å²) in [5.41, 5.74) is 0.878. The predicted octanol–water partition coefficient (Wildman–Crippen LogP) is 1.51. The van der Waals surface area contributed by atoms with Gasteiger partial charge in [0, 0.05) is 11.0 Å². The van der Waals surface area contributed by atoms with E-state index in [4.69, 9.17) is 0 Å². The van der Waals surface area contributed by atoms with Crippen molar-refractivity contribution in [3.05, 3.63) is 28.2 Å². The van der Waals surface area contributed by atoms with Crippen molar-refractivity contribution in [3.63, 3.8) is 0 Å². The highest BCUT2D eigenvalue weighted by Crippen LogP contribution is 2.28. The lowest BCUT2D eigenvalue weighted by molar-refractivity contribution is 0.247. The molecule has 1 unspecified atom stereocenters. The number of nitrogens with one attached hydrogen (secondary N) is 2. The molecule has 1 aliphatic rings. The Hall–Kier alpha value is -1.23. The number of hydrogen-bond donors (Lipinski definition) is 3. The number of hydrogen-bond acceptors (Lipinski definition) is 2. The lowest BCUT2D eigenvalue weighted by atomic mass is 10.1. The van der Waals surface area contributed by atoms with E-state index >= 15 is 0 Å². The van der Waals surface area contributed by atoms with Gasteiger partial charge in [-0.05, 0) is 23.8 Å². The fourth-order valence-corrected chi connectivity index (χ4v) is 1.96. The molecular weight excluding hydrogens is 248 g/mol. The molecule has 4 nitrogen and oxygen atoms in total. The fraction of sp³-hybridized carbons (Fsp3) is 0.222. The summed E-state index contributed by atoms with van der Waals surface area (Å²) < 4.78 is 0.879. The van der Waals surface area contributed by atoms with E-state index in [-0.39, 0.29) is 17.8 Å². The van der Waals surface area contributed by atoms with Crippen LogP contribution in [0.1, 0.15) is 11.6 Å². The van der Waals surface area contributed by atoms with Gasteiger partial charge < -0.3 is 15.7 Å². The molecule has 1 aliphatic heterocycles. The highest BCUT2D eigenvalue weighted by atomic mass is 79.9. The van der Waals surface area contributed by atoms with Crippen molar-refractivity contribution in [2.75, 3.05) is 6.54 Å². The van der Waals surface area contributed by atoms with Crippen LogP contribution in [-0.4, -0.2) is 17.7 Å². The van der Waals surface area contributed by atoms with Crippen LogP contribution in [0, 0.1) is 0 Å². The van der Waals surface area contributed by atoms with Crippen molar-refractivity contribution in [1.29, 1.82) is 0 Å². The number of aromatic hydroxyl groups is 1. The number of urea groups is 1. The van der Waals surface area contributed by atoms with Crippen LogP contribution in [0.4, 0.5) is 4.79 Å². The Kier molecular flexibility index (Phi) is 2.33. The average molecular weight is 257 g/mol. The molecular formula is C9H9BrN2O2. The maximum absolute atomic E-state index is 10.9. The van der Waals surface area contributed by atoms with Crippen LogP contribution in [0.5, 0.6) is 5.75 Å². The Bertz CT molecular complexity index is 381. The van der Waals surface area contributed by atoms with Gasteiger partial charge in [-0.1, -0.05) is 15.9 Å². The first kappa shape index (κ1) is 9.33. The Morgan fingerprint density at radius 1 is 1.50 bits per heavy atom. The molecule has 1 fully saturated rings. The molecule has 3 N–H and O–H groups in total. The second-order valence-corrected chi connectivity index (χ2v) is 3.97. The van der Waals surface area contributed by atoms with Crippen LogP contribution in [0.15, 0.2) is 22.7 Å². The predicted molar refractivity (Wildman–Crippen MR) is 55.1 cm³/mol. The number of phenolic OH excluding ortho intramolecular Hbond substituents is 1. The topological polar surface area (TPSA) is 61.4 Å². The summed E-state index contributed by atoms with van der Waals surface area (Å²) in [6, 6.07) is 4.74. The third-order valence-corrected chi connectivity index (χ3v) is 2.85. The van der Waals surface area contributed by atoms with E-state index in [0.29, 0.717) is 6.54 Å². The lowest BCUT2D eigenvalue weighted by Gasteiger charge is -2.11. The van der Waals surface area contributed by atoms with Crippen molar-refractivity contribution < 1.29 is 9.90 Å². The molecule has 1 heterocycles. The molecule has 2 rings (SSSR count). The number of rotatable bonds is 1. The van der Waals surface area contributed by atoms with Gasteiger partial charge in [0.2, 0.25) is 0 Å². The molecule has 2 amide bonds. The fourth-order valence-electron chi connectivity index (χ4n) is 1.44. The summed E-state index contributed by atoms with van der Waals surface area (Å²) in [4.78, 5) is 10.9. The Morgan fingerprint density at radius 3 is 2.93 bits per heavy atom. The molecule has 1 aromatic rings. The summed E-state index contributed by atoms with van der Waals surface area (Å²) in [5, 5.41) is 14.7. The number of phenols is 1. The smallest absolute Gasteiger partial charge is 0.315 e. The largest absolute Gasteiger partial charge is 0.508 e. The molecule has 0 radical (unpaired) electrons. The third kappa shape index (κ3) is 1.68. The summed E-state index contributed by atoms with van der Waals surface area (Å²) in [7, 11) is 0. The highest BCUT2D eigenvalue weighted by molar-refractivity contribution is 9.10. The first-order valence-corrected chi connectivity index (χ1v) is 4.99. The summed E-state index contributed by atoms with van der Waals surface area (Å²) in [6.07, 6.45) is 0. The molecule has 0 saturated carbocycles. The second kappa shape index (κ2) is 3.49. The minimum atomic E-state index is -0.176. The van der Waals surface area contributed by atoms with E-state index in [1.54, 1.807) is 18.2 Å². The van der Waals surface area contributed by atoms with Gasteiger partial charge in [-0.3, -0.25) is 0 Å². The minimum Gasteiger partial charge on any atom is -0.508 e. The number of halogens is 1. The summed E-state index contributed by atoms with van der Waals surface area (Å²) >= 11 is 3.37. The zero-order valence-corrected chi connectivity index (χ0v) is 8.84. The van der Waals surface area contributed by atoms with E-state index in [1.165, 1.54) is 0 Å². The second-order valence-electron chi connectivity index (χ2n) is 3.11. The van der Waals surface area contributed by atoms with Crippen LogP contribution < -0.4 is 10.6 Å². The van der Waals surface area contributed by atoms with Gasteiger partial charge in [-0.25, -0.2) is 4.79 Å². The summed E-state index contributed by atoms with van der Waals surface area (Å²) in [5.74, 6) is 0.198. The van der Waals surface area contributed by atoms with Gasteiger partial charge in [0.25, 0.3) is 0 Å². The standard InChI is InChI=1S/C9H9BrN2O2/c10-7-2-1-5(13)3-6(7)8-4-11-9(14)12-8/h1-3,8,13H,4H2,(H2,11,12,14). The zero-order valence-electron chi connectivity index (χ0n) is 7.25. The van der Waals surface area contributed by atoms with Crippen LogP contribution in [0.3, 0.4) is 0 Å². The molecule has 0 aliphatic carbocycles. The third-order valence-electron chi connectivity index (χ3n) is 2.13.